The quantitative estimate of drug-likeness (QED) is 0.0645. The monoisotopic (exact) mass is 698 g/mol. The average molecular weight is 699 g/mol. The minimum atomic E-state index is -1.85. The SMILES string of the molecule is O=C(C=Cc1ccc(O)cc1)OCC1OC(Oc2cc3c(cc2O)CC(C(=O)[O-])[NH+]3CC=C2C=C(C(=O)O)NC(C(=O)O)C2)C(O)C(O)C1O. The van der Waals surface area contributed by atoms with Crippen LogP contribution in [0.2, 0.25) is 0 Å². The molecule has 17 nitrogen and oxygen atoms in total. The van der Waals surface area contributed by atoms with E-state index in [1.807, 2.05) is 0 Å². The first-order chi connectivity index (χ1) is 23.7. The minimum absolute atomic E-state index is 0.0389. The molecule has 0 bridgehead atoms. The van der Waals surface area contributed by atoms with Crippen molar-refractivity contribution in [2.45, 2.75) is 55.6 Å². The van der Waals surface area contributed by atoms with Crippen LogP contribution in [0.15, 0.2) is 65.9 Å². The molecule has 0 amide bonds. The van der Waals surface area contributed by atoms with Crippen molar-refractivity contribution >= 4 is 35.6 Å². The van der Waals surface area contributed by atoms with Crippen molar-refractivity contribution in [2.24, 2.45) is 0 Å². The number of esters is 1. The number of hydrogen-bond donors (Lipinski definition) is 9. The Kier molecular flexibility index (Phi) is 10.7. The molecule has 3 heterocycles. The van der Waals surface area contributed by atoms with Crippen LogP contribution >= 0.6 is 0 Å². The summed E-state index contributed by atoms with van der Waals surface area (Å²) in [5.74, 6) is -5.65. The number of allylic oxidation sites excluding steroid dienone is 1. The van der Waals surface area contributed by atoms with Crippen molar-refractivity contribution in [1.82, 2.24) is 5.32 Å². The predicted octanol–water partition coefficient (Wildman–Crippen LogP) is -2.93. The molecule has 2 aromatic rings. The number of carboxylic acid groups (broad SMARTS) is 3. The number of benzene rings is 2. The van der Waals surface area contributed by atoms with Crippen LogP contribution in [0.1, 0.15) is 17.5 Å². The number of phenols is 2. The second-order valence-corrected chi connectivity index (χ2v) is 11.9. The van der Waals surface area contributed by atoms with E-state index in [4.69, 9.17) is 14.2 Å². The molecule has 266 valence electrons. The largest absolute Gasteiger partial charge is 0.544 e. The molecule has 5 rings (SSSR count). The van der Waals surface area contributed by atoms with E-state index in [0.717, 1.165) is 6.08 Å². The molecule has 0 aliphatic carbocycles. The molecule has 1 fully saturated rings. The lowest BCUT2D eigenvalue weighted by molar-refractivity contribution is -0.840. The summed E-state index contributed by atoms with van der Waals surface area (Å²) in [6.45, 7) is -0.640. The number of rotatable bonds is 11. The van der Waals surface area contributed by atoms with Crippen molar-refractivity contribution in [1.29, 1.82) is 0 Å². The van der Waals surface area contributed by atoms with Gasteiger partial charge in [0.1, 0.15) is 72.8 Å². The van der Waals surface area contributed by atoms with Crippen LogP contribution in [0, 0.1) is 0 Å². The summed E-state index contributed by atoms with van der Waals surface area (Å²) in [6.07, 6.45) is -3.38. The number of hydrogen-bond acceptors (Lipinski definition) is 14. The number of aliphatic hydroxyl groups is 3. The van der Waals surface area contributed by atoms with E-state index < -0.39 is 79.0 Å². The van der Waals surface area contributed by atoms with E-state index in [1.54, 1.807) is 12.1 Å². The van der Waals surface area contributed by atoms with Crippen molar-refractivity contribution in [3.63, 3.8) is 0 Å². The number of aliphatic carboxylic acids is 3. The normalized spacial score (nSPS) is 28.4. The minimum Gasteiger partial charge on any atom is -0.544 e. The van der Waals surface area contributed by atoms with Gasteiger partial charge < -0.3 is 65.2 Å². The molecule has 8 unspecified atom stereocenters. The maximum absolute atomic E-state index is 12.3. The van der Waals surface area contributed by atoms with Crippen LogP contribution in [0.25, 0.3) is 6.08 Å². The molecule has 2 aromatic carbocycles. The number of aliphatic hydroxyl groups excluding tert-OH is 3. The van der Waals surface area contributed by atoms with E-state index in [1.165, 1.54) is 42.5 Å². The van der Waals surface area contributed by atoms with Crippen molar-refractivity contribution < 1.29 is 79.1 Å². The summed E-state index contributed by atoms with van der Waals surface area (Å²) in [5.41, 5.74) is 1.29. The average Bonchev–Trinajstić information content (AvgIpc) is 3.43. The number of aromatic hydroxyl groups is 2. The number of carbonyl (C=O) groups is 4. The molecular formula is C33H34N2O15. The third-order valence-corrected chi connectivity index (χ3v) is 8.48. The highest BCUT2D eigenvalue weighted by Crippen LogP contribution is 2.36. The van der Waals surface area contributed by atoms with Gasteiger partial charge in [-0.2, -0.15) is 0 Å². The maximum atomic E-state index is 12.3. The molecule has 3 aliphatic heterocycles. The van der Waals surface area contributed by atoms with Gasteiger partial charge in [-0.15, -0.1) is 0 Å². The first-order valence-electron chi connectivity index (χ1n) is 15.3. The number of nitrogens with one attached hydrogen (secondary N) is 2. The number of quaternary nitrogens is 1. The molecule has 0 spiro atoms. The van der Waals surface area contributed by atoms with Crippen molar-refractivity contribution in [3.8, 4) is 17.2 Å². The Bertz CT molecular complexity index is 1740. The first-order valence-corrected chi connectivity index (χ1v) is 15.3. The lowest BCUT2D eigenvalue weighted by atomic mass is 9.99. The lowest BCUT2D eigenvalue weighted by Gasteiger charge is -2.39. The predicted molar refractivity (Wildman–Crippen MR) is 164 cm³/mol. The fourth-order valence-corrected chi connectivity index (χ4v) is 5.84. The van der Waals surface area contributed by atoms with Gasteiger partial charge in [-0.25, -0.2) is 14.4 Å². The molecule has 1 saturated heterocycles. The molecule has 50 heavy (non-hydrogen) atoms. The van der Waals surface area contributed by atoms with Crippen LogP contribution in [-0.2, 0) is 35.1 Å². The van der Waals surface area contributed by atoms with Gasteiger partial charge in [0.15, 0.2) is 11.5 Å². The Morgan fingerprint density at radius 3 is 2.38 bits per heavy atom. The third kappa shape index (κ3) is 8.04. The molecule has 8 atom stereocenters. The summed E-state index contributed by atoms with van der Waals surface area (Å²) in [7, 11) is 0. The van der Waals surface area contributed by atoms with Crippen LogP contribution in [0.4, 0.5) is 5.69 Å². The summed E-state index contributed by atoms with van der Waals surface area (Å²) in [6, 6.07) is 6.10. The van der Waals surface area contributed by atoms with Gasteiger partial charge in [0.2, 0.25) is 6.29 Å². The van der Waals surface area contributed by atoms with Gasteiger partial charge in [-0.05, 0) is 47.6 Å². The molecule has 0 saturated carbocycles. The highest BCUT2D eigenvalue weighted by molar-refractivity contribution is 5.89. The zero-order chi connectivity index (χ0) is 36.3. The molecule has 17 heteroatoms. The van der Waals surface area contributed by atoms with Gasteiger partial charge >= 0.3 is 17.9 Å². The maximum Gasteiger partial charge on any atom is 0.351 e. The second kappa shape index (κ2) is 15.0. The fourth-order valence-electron chi connectivity index (χ4n) is 5.84. The van der Waals surface area contributed by atoms with Crippen LogP contribution in [0.5, 0.6) is 17.2 Å². The highest BCUT2D eigenvalue weighted by Gasteiger charge is 2.46. The molecule has 0 radical (unpaired) electrons. The highest BCUT2D eigenvalue weighted by atomic mass is 16.7. The zero-order valence-corrected chi connectivity index (χ0v) is 26.0. The van der Waals surface area contributed by atoms with E-state index in [2.05, 4.69) is 5.32 Å². The van der Waals surface area contributed by atoms with Crippen LogP contribution < -0.4 is 20.1 Å². The summed E-state index contributed by atoms with van der Waals surface area (Å²) in [4.78, 5) is 47.8. The number of fused-ring (bicyclic) bond motifs is 1. The van der Waals surface area contributed by atoms with Crippen molar-refractivity contribution in [3.05, 3.63) is 77.0 Å². The number of ether oxygens (including phenoxy) is 3. The summed E-state index contributed by atoms with van der Waals surface area (Å²) < 4.78 is 16.4. The molecule has 9 N–H and O–H groups in total. The topological polar surface area (TPSA) is 277 Å². The summed E-state index contributed by atoms with van der Waals surface area (Å²) >= 11 is 0. The second-order valence-electron chi connectivity index (χ2n) is 11.9. The van der Waals surface area contributed by atoms with E-state index >= 15 is 0 Å². The Labute approximate surface area is 283 Å². The van der Waals surface area contributed by atoms with E-state index in [-0.39, 0.29) is 36.6 Å². The lowest BCUT2D eigenvalue weighted by Crippen LogP contribution is -3.11. The molecule has 3 aliphatic rings. The van der Waals surface area contributed by atoms with Crippen molar-refractivity contribution in [2.75, 3.05) is 13.2 Å². The van der Waals surface area contributed by atoms with Gasteiger partial charge in [-0.3, -0.25) is 4.90 Å². The van der Waals surface area contributed by atoms with Gasteiger partial charge in [0.25, 0.3) is 0 Å². The Hall–Kier alpha value is -5.46. The number of phenolic OH excluding ortho intramolecular Hbond substituents is 2. The van der Waals surface area contributed by atoms with E-state index in [0.29, 0.717) is 27.3 Å². The zero-order valence-electron chi connectivity index (χ0n) is 26.0. The van der Waals surface area contributed by atoms with Crippen LogP contribution in [0.3, 0.4) is 0 Å². The summed E-state index contributed by atoms with van der Waals surface area (Å²) in [5, 5.41) is 85.1. The molecular weight excluding hydrogens is 664 g/mol. The third-order valence-electron chi connectivity index (χ3n) is 8.48. The Morgan fingerprint density at radius 2 is 1.72 bits per heavy atom. The van der Waals surface area contributed by atoms with Gasteiger partial charge in [0, 0.05) is 30.5 Å². The first kappa shape index (κ1) is 35.8. The standard InChI is InChI=1S/C33H34N2O15/c36-18-4-1-15(2-5-18)3-6-26(38)48-14-25-27(39)28(40)29(41)33(50-25)49-24-13-21-17(12-23(24)37)11-22(32(46)47)35(21)8-7-16-9-19(30(42)43)34-20(10-16)31(44)45/h1-7,9,12-13,20,22,25,27-29,33-34,36-37,39-41H,8,10-11,14H2,(H,42,43)(H,44,45)(H,46,47). The number of carboxylic acids is 3. The molecule has 0 aromatic heterocycles. The smallest absolute Gasteiger partial charge is 0.351 e. The Morgan fingerprint density at radius 1 is 1.00 bits per heavy atom. The fraction of sp³-hybridized carbons (Fsp3) is 0.333. The van der Waals surface area contributed by atoms with Crippen LogP contribution in [-0.4, -0.2) is 116 Å². The number of carbonyl (C=O) groups excluding carboxylic acids is 2. The van der Waals surface area contributed by atoms with Gasteiger partial charge in [0.05, 0.1) is 0 Å². The van der Waals surface area contributed by atoms with Gasteiger partial charge in [-0.1, -0.05) is 12.1 Å². The van der Waals surface area contributed by atoms with E-state index in [9.17, 15) is 60.0 Å². The Balaban J connectivity index is 1.32.